The summed E-state index contributed by atoms with van der Waals surface area (Å²) in [7, 11) is -1.86. The molecule has 0 amide bonds. The first kappa shape index (κ1) is 15.5. The standard InChI is InChI=1S/C15H23NO3S/c1-19-12-11-16-20(17,18)15-9-7-14(8-10-15)13-5-3-2-4-6-13/h7-10,13,16H,2-6,11-12H2,1H3. The largest absolute Gasteiger partial charge is 0.383 e. The fourth-order valence-electron chi connectivity index (χ4n) is 2.72. The minimum absolute atomic E-state index is 0.295. The Bertz CT molecular complexity index is 504. The highest BCUT2D eigenvalue weighted by molar-refractivity contribution is 7.89. The number of hydrogen-bond donors (Lipinski definition) is 1. The van der Waals surface area contributed by atoms with Gasteiger partial charge in [0.25, 0.3) is 0 Å². The lowest BCUT2D eigenvalue weighted by Crippen LogP contribution is -2.27. The van der Waals surface area contributed by atoms with Crippen LogP contribution in [0.1, 0.15) is 43.6 Å². The van der Waals surface area contributed by atoms with Crippen LogP contribution < -0.4 is 4.72 Å². The van der Waals surface area contributed by atoms with Crippen molar-refractivity contribution < 1.29 is 13.2 Å². The van der Waals surface area contributed by atoms with Crippen molar-refractivity contribution in [3.63, 3.8) is 0 Å². The van der Waals surface area contributed by atoms with Crippen LogP contribution in [0.4, 0.5) is 0 Å². The van der Waals surface area contributed by atoms with Crippen LogP contribution in [-0.4, -0.2) is 28.7 Å². The number of hydrogen-bond acceptors (Lipinski definition) is 3. The van der Waals surface area contributed by atoms with Crippen LogP contribution in [0.25, 0.3) is 0 Å². The highest BCUT2D eigenvalue weighted by Crippen LogP contribution is 2.32. The number of ether oxygens (including phenoxy) is 1. The molecular formula is C15H23NO3S. The molecule has 0 saturated heterocycles. The first-order valence-electron chi connectivity index (χ1n) is 7.22. The molecule has 1 saturated carbocycles. The molecule has 4 nitrogen and oxygen atoms in total. The van der Waals surface area contributed by atoms with Gasteiger partial charge in [0.05, 0.1) is 11.5 Å². The Morgan fingerprint density at radius 2 is 1.80 bits per heavy atom. The van der Waals surface area contributed by atoms with E-state index in [1.807, 2.05) is 12.1 Å². The molecule has 0 unspecified atom stereocenters. The predicted molar refractivity (Wildman–Crippen MR) is 79.3 cm³/mol. The minimum atomic E-state index is -3.41. The summed E-state index contributed by atoms with van der Waals surface area (Å²) in [5, 5.41) is 0. The molecule has 0 atom stereocenters. The van der Waals surface area contributed by atoms with Gasteiger partial charge in [-0.3, -0.25) is 0 Å². The van der Waals surface area contributed by atoms with Crippen LogP contribution in [0, 0.1) is 0 Å². The van der Waals surface area contributed by atoms with E-state index in [1.165, 1.54) is 37.7 Å². The smallest absolute Gasteiger partial charge is 0.240 e. The van der Waals surface area contributed by atoms with Gasteiger partial charge < -0.3 is 4.74 Å². The summed E-state index contributed by atoms with van der Waals surface area (Å²) in [5.74, 6) is 0.599. The SMILES string of the molecule is COCCNS(=O)(=O)c1ccc(C2CCCCC2)cc1. The van der Waals surface area contributed by atoms with E-state index >= 15 is 0 Å². The molecule has 5 heteroatoms. The third kappa shape index (κ3) is 4.04. The van der Waals surface area contributed by atoms with E-state index in [4.69, 9.17) is 4.74 Å². The highest BCUT2D eigenvalue weighted by atomic mass is 32.2. The lowest BCUT2D eigenvalue weighted by atomic mass is 9.84. The second-order valence-electron chi connectivity index (χ2n) is 5.29. The van der Waals surface area contributed by atoms with E-state index in [0.29, 0.717) is 24.0 Å². The molecule has 0 heterocycles. The summed E-state index contributed by atoms with van der Waals surface area (Å²) >= 11 is 0. The van der Waals surface area contributed by atoms with Gasteiger partial charge in [0.15, 0.2) is 0 Å². The van der Waals surface area contributed by atoms with E-state index in [-0.39, 0.29) is 0 Å². The van der Waals surface area contributed by atoms with Gasteiger partial charge in [0, 0.05) is 13.7 Å². The summed E-state index contributed by atoms with van der Waals surface area (Å²) in [5.41, 5.74) is 1.26. The van der Waals surface area contributed by atoms with Gasteiger partial charge in [-0.2, -0.15) is 0 Å². The molecule has 2 rings (SSSR count). The number of nitrogens with one attached hydrogen (secondary N) is 1. The normalized spacial score (nSPS) is 17.2. The Morgan fingerprint density at radius 1 is 1.15 bits per heavy atom. The molecule has 1 N–H and O–H groups in total. The molecular weight excluding hydrogens is 274 g/mol. The fourth-order valence-corrected chi connectivity index (χ4v) is 3.73. The zero-order valence-corrected chi connectivity index (χ0v) is 12.8. The average molecular weight is 297 g/mol. The van der Waals surface area contributed by atoms with E-state index < -0.39 is 10.0 Å². The number of benzene rings is 1. The molecule has 1 aliphatic carbocycles. The monoisotopic (exact) mass is 297 g/mol. The van der Waals surface area contributed by atoms with Crippen LogP contribution >= 0.6 is 0 Å². The van der Waals surface area contributed by atoms with Crippen LogP contribution in [0.5, 0.6) is 0 Å². The zero-order valence-electron chi connectivity index (χ0n) is 12.0. The molecule has 1 aromatic carbocycles. The first-order valence-corrected chi connectivity index (χ1v) is 8.70. The zero-order chi connectivity index (χ0) is 14.4. The van der Waals surface area contributed by atoms with Gasteiger partial charge in [0.1, 0.15) is 0 Å². The van der Waals surface area contributed by atoms with Crippen molar-refractivity contribution in [3.05, 3.63) is 29.8 Å². The van der Waals surface area contributed by atoms with Crippen molar-refractivity contribution in [2.45, 2.75) is 42.9 Å². The summed E-state index contributed by atoms with van der Waals surface area (Å²) < 4.78 is 31.4. The van der Waals surface area contributed by atoms with Crippen LogP contribution in [0.2, 0.25) is 0 Å². The maximum Gasteiger partial charge on any atom is 0.240 e. The van der Waals surface area contributed by atoms with E-state index in [9.17, 15) is 8.42 Å². The Kier molecular flexibility index (Phi) is 5.57. The molecule has 0 aromatic heterocycles. The average Bonchev–Trinajstić information content (AvgIpc) is 2.48. The van der Waals surface area contributed by atoms with Crippen LogP contribution in [0.3, 0.4) is 0 Å². The summed E-state index contributed by atoms with van der Waals surface area (Å²) in [6.07, 6.45) is 6.33. The Hall–Kier alpha value is -0.910. The quantitative estimate of drug-likeness (QED) is 0.821. The molecule has 1 fully saturated rings. The molecule has 20 heavy (non-hydrogen) atoms. The van der Waals surface area contributed by atoms with E-state index in [2.05, 4.69) is 4.72 Å². The maximum absolute atomic E-state index is 12.0. The van der Waals surface area contributed by atoms with Gasteiger partial charge in [0.2, 0.25) is 10.0 Å². The van der Waals surface area contributed by atoms with Crippen molar-refractivity contribution in [2.24, 2.45) is 0 Å². The lowest BCUT2D eigenvalue weighted by molar-refractivity contribution is 0.204. The number of sulfonamides is 1. The molecule has 112 valence electrons. The maximum atomic E-state index is 12.0. The Morgan fingerprint density at radius 3 is 2.40 bits per heavy atom. The van der Waals surface area contributed by atoms with E-state index in [1.54, 1.807) is 19.2 Å². The van der Waals surface area contributed by atoms with E-state index in [0.717, 1.165) is 0 Å². The van der Waals surface area contributed by atoms with Crippen molar-refractivity contribution >= 4 is 10.0 Å². The molecule has 0 bridgehead atoms. The third-order valence-corrected chi connectivity index (χ3v) is 5.34. The predicted octanol–water partition coefficient (Wildman–Crippen LogP) is 2.66. The van der Waals surface area contributed by atoms with Crippen molar-refractivity contribution in [1.82, 2.24) is 4.72 Å². The van der Waals surface area contributed by atoms with Gasteiger partial charge in [-0.15, -0.1) is 0 Å². The molecule has 0 aliphatic heterocycles. The fraction of sp³-hybridized carbons (Fsp3) is 0.600. The number of methoxy groups -OCH3 is 1. The second-order valence-corrected chi connectivity index (χ2v) is 7.06. The van der Waals surface area contributed by atoms with Crippen LogP contribution in [-0.2, 0) is 14.8 Å². The van der Waals surface area contributed by atoms with Gasteiger partial charge >= 0.3 is 0 Å². The molecule has 0 radical (unpaired) electrons. The van der Waals surface area contributed by atoms with Crippen molar-refractivity contribution in [1.29, 1.82) is 0 Å². The van der Waals surface area contributed by atoms with Crippen molar-refractivity contribution in [2.75, 3.05) is 20.3 Å². The Labute approximate surface area is 121 Å². The molecule has 1 aliphatic rings. The van der Waals surface area contributed by atoms with Crippen LogP contribution in [0.15, 0.2) is 29.2 Å². The van der Waals surface area contributed by atoms with Gasteiger partial charge in [-0.1, -0.05) is 31.4 Å². The number of rotatable bonds is 6. The highest BCUT2D eigenvalue weighted by Gasteiger charge is 2.17. The van der Waals surface area contributed by atoms with Crippen molar-refractivity contribution in [3.8, 4) is 0 Å². The van der Waals surface area contributed by atoms with Gasteiger partial charge in [-0.05, 0) is 36.5 Å². The molecule has 0 spiro atoms. The summed E-state index contributed by atoms with van der Waals surface area (Å²) in [4.78, 5) is 0.327. The molecule has 1 aromatic rings. The Balaban J connectivity index is 2.03. The minimum Gasteiger partial charge on any atom is -0.383 e. The second kappa shape index (κ2) is 7.20. The topological polar surface area (TPSA) is 55.4 Å². The summed E-state index contributed by atoms with van der Waals surface area (Å²) in [6.45, 7) is 0.669. The summed E-state index contributed by atoms with van der Waals surface area (Å²) in [6, 6.07) is 7.33. The third-order valence-electron chi connectivity index (χ3n) is 3.87. The first-order chi connectivity index (χ1) is 9.63. The lowest BCUT2D eigenvalue weighted by Gasteiger charge is -2.22. The van der Waals surface area contributed by atoms with Gasteiger partial charge in [-0.25, -0.2) is 13.1 Å².